The normalized spacial score (nSPS) is 23.1. The van der Waals surface area contributed by atoms with Crippen molar-refractivity contribution in [1.29, 1.82) is 0 Å². The van der Waals surface area contributed by atoms with Gasteiger partial charge in [-0.05, 0) is 44.7 Å². The van der Waals surface area contributed by atoms with Crippen LogP contribution in [0.15, 0.2) is 12.1 Å². The van der Waals surface area contributed by atoms with Gasteiger partial charge in [-0.15, -0.1) is 0 Å². The molecule has 2 rings (SSSR count). The van der Waals surface area contributed by atoms with Gasteiger partial charge in [0.1, 0.15) is 5.82 Å². The summed E-state index contributed by atoms with van der Waals surface area (Å²) in [6, 6.07) is 2.95. The number of rotatable bonds is 3. The van der Waals surface area contributed by atoms with Gasteiger partial charge in [-0.2, -0.15) is 0 Å². The Morgan fingerprint density at radius 2 is 2.00 bits per heavy atom. The van der Waals surface area contributed by atoms with Crippen molar-refractivity contribution in [3.05, 3.63) is 29.1 Å². The van der Waals surface area contributed by atoms with E-state index in [9.17, 15) is 14.3 Å². The Hall–Kier alpha value is -1.62. The van der Waals surface area contributed by atoms with E-state index in [0.717, 1.165) is 31.7 Å². The molecule has 1 aromatic rings. The number of primary amides is 1. The van der Waals surface area contributed by atoms with Gasteiger partial charge in [0.15, 0.2) is 0 Å². The minimum Gasteiger partial charge on any atom is -0.393 e. The molecule has 1 amide bonds. The Labute approximate surface area is 111 Å². The first-order valence-corrected chi connectivity index (χ1v) is 6.52. The Morgan fingerprint density at radius 3 is 2.58 bits per heavy atom. The number of halogens is 1. The van der Waals surface area contributed by atoms with Crippen molar-refractivity contribution >= 4 is 11.6 Å². The predicted molar refractivity (Wildman–Crippen MR) is 71.5 cm³/mol. The van der Waals surface area contributed by atoms with Crippen LogP contribution in [-0.4, -0.2) is 23.2 Å². The second-order valence-corrected chi connectivity index (χ2v) is 5.14. The second kappa shape index (κ2) is 5.57. The third-order valence-electron chi connectivity index (χ3n) is 3.69. The summed E-state index contributed by atoms with van der Waals surface area (Å²) in [6.07, 6.45) is 2.93. The van der Waals surface area contributed by atoms with E-state index in [0.29, 0.717) is 11.3 Å². The van der Waals surface area contributed by atoms with Gasteiger partial charge in [0.05, 0.1) is 6.10 Å². The second-order valence-electron chi connectivity index (χ2n) is 5.14. The molecule has 1 aliphatic carbocycles. The van der Waals surface area contributed by atoms with Gasteiger partial charge >= 0.3 is 0 Å². The number of hydrogen-bond acceptors (Lipinski definition) is 3. The summed E-state index contributed by atoms with van der Waals surface area (Å²) in [6.45, 7) is 1.67. The summed E-state index contributed by atoms with van der Waals surface area (Å²) >= 11 is 0. The van der Waals surface area contributed by atoms with E-state index < -0.39 is 11.7 Å². The highest BCUT2D eigenvalue weighted by Gasteiger charge is 2.20. The van der Waals surface area contributed by atoms with Crippen molar-refractivity contribution in [2.45, 2.75) is 44.8 Å². The molecule has 1 fully saturated rings. The molecule has 1 aliphatic rings. The average molecular weight is 266 g/mol. The maximum Gasteiger partial charge on any atom is 0.248 e. The maximum atomic E-state index is 13.7. The number of carbonyl (C=O) groups is 1. The minimum absolute atomic E-state index is 0.168. The molecule has 0 radical (unpaired) electrons. The van der Waals surface area contributed by atoms with Crippen LogP contribution in [0.5, 0.6) is 0 Å². The van der Waals surface area contributed by atoms with Gasteiger partial charge in [-0.1, -0.05) is 0 Å². The molecular formula is C14H19FN2O2. The van der Waals surface area contributed by atoms with Gasteiger partial charge < -0.3 is 16.2 Å². The molecule has 1 saturated carbocycles. The van der Waals surface area contributed by atoms with Crippen LogP contribution in [0.2, 0.25) is 0 Å². The number of hydrogen-bond donors (Lipinski definition) is 3. The first-order valence-electron chi connectivity index (χ1n) is 6.52. The number of aliphatic hydroxyl groups excluding tert-OH is 1. The fraction of sp³-hybridized carbons (Fsp3) is 0.500. The molecule has 1 aromatic carbocycles. The standard InChI is InChI=1S/C14H19FN2O2/c1-8-12(15)6-9(14(16)19)7-13(8)17-10-2-4-11(18)5-3-10/h6-7,10-11,17-18H,2-5H2,1H3,(H2,16,19). The smallest absolute Gasteiger partial charge is 0.248 e. The van der Waals surface area contributed by atoms with Gasteiger partial charge in [0.25, 0.3) is 0 Å². The quantitative estimate of drug-likeness (QED) is 0.782. The Balaban J connectivity index is 2.17. The van der Waals surface area contributed by atoms with E-state index in [1.807, 2.05) is 0 Å². The minimum atomic E-state index is -0.638. The highest BCUT2D eigenvalue weighted by atomic mass is 19.1. The van der Waals surface area contributed by atoms with Gasteiger partial charge in [-0.25, -0.2) is 4.39 Å². The van der Waals surface area contributed by atoms with Crippen LogP contribution in [0.3, 0.4) is 0 Å². The molecule has 0 saturated heterocycles. The molecule has 0 spiro atoms. The molecule has 0 unspecified atom stereocenters. The maximum absolute atomic E-state index is 13.7. The molecule has 5 heteroatoms. The molecule has 0 bridgehead atoms. The summed E-state index contributed by atoms with van der Waals surface area (Å²) in [7, 11) is 0. The van der Waals surface area contributed by atoms with Crippen molar-refractivity contribution in [3.8, 4) is 0 Å². The van der Waals surface area contributed by atoms with Gasteiger partial charge in [0.2, 0.25) is 5.91 Å². The lowest BCUT2D eigenvalue weighted by Crippen LogP contribution is -2.28. The molecule has 4 nitrogen and oxygen atoms in total. The van der Waals surface area contributed by atoms with Gasteiger partial charge in [-0.3, -0.25) is 4.79 Å². The number of benzene rings is 1. The van der Waals surface area contributed by atoms with E-state index in [1.165, 1.54) is 0 Å². The zero-order valence-corrected chi connectivity index (χ0v) is 10.9. The van der Waals surface area contributed by atoms with E-state index >= 15 is 0 Å². The number of carbonyl (C=O) groups excluding carboxylic acids is 1. The van der Waals surface area contributed by atoms with E-state index in [-0.39, 0.29) is 17.7 Å². The van der Waals surface area contributed by atoms with Crippen molar-refractivity contribution in [2.24, 2.45) is 5.73 Å². The molecule has 0 aliphatic heterocycles. The Kier molecular flexibility index (Phi) is 4.04. The number of amides is 1. The van der Waals surface area contributed by atoms with Crippen LogP contribution < -0.4 is 11.1 Å². The first-order chi connectivity index (χ1) is 8.97. The number of anilines is 1. The van der Waals surface area contributed by atoms with Crippen LogP contribution in [0, 0.1) is 12.7 Å². The Morgan fingerprint density at radius 1 is 1.37 bits per heavy atom. The molecule has 104 valence electrons. The highest BCUT2D eigenvalue weighted by molar-refractivity contribution is 5.94. The summed E-state index contributed by atoms with van der Waals surface area (Å²) in [5.41, 5.74) is 6.44. The van der Waals surface area contributed by atoms with Crippen LogP contribution in [0.1, 0.15) is 41.6 Å². The monoisotopic (exact) mass is 266 g/mol. The topological polar surface area (TPSA) is 75.4 Å². The lowest BCUT2D eigenvalue weighted by Gasteiger charge is -2.27. The number of aliphatic hydroxyl groups is 1. The zero-order valence-electron chi connectivity index (χ0n) is 10.9. The number of nitrogens with one attached hydrogen (secondary N) is 1. The fourth-order valence-electron chi connectivity index (χ4n) is 2.41. The molecule has 0 atom stereocenters. The number of nitrogens with two attached hydrogens (primary N) is 1. The highest BCUT2D eigenvalue weighted by Crippen LogP contribution is 2.26. The van der Waals surface area contributed by atoms with E-state index in [1.54, 1.807) is 13.0 Å². The van der Waals surface area contributed by atoms with Crippen molar-refractivity contribution in [3.63, 3.8) is 0 Å². The summed E-state index contributed by atoms with van der Waals surface area (Å²) in [5, 5.41) is 12.7. The van der Waals surface area contributed by atoms with E-state index in [2.05, 4.69) is 5.32 Å². The fourth-order valence-corrected chi connectivity index (χ4v) is 2.41. The molecule has 4 N–H and O–H groups in total. The Bertz CT molecular complexity index is 483. The molecule has 0 heterocycles. The lowest BCUT2D eigenvalue weighted by atomic mass is 9.92. The van der Waals surface area contributed by atoms with Crippen LogP contribution >= 0.6 is 0 Å². The SMILES string of the molecule is Cc1c(F)cc(C(N)=O)cc1NC1CCC(O)CC1. The molecule has 19 heavy (non-hydrogen) atoms. The predicted octanol–water partition coefficient (Wildman–Crippen LogP) is 1.95. The van der Waals surface area contributed by atoms with Gasteiger partial charge in [0, 0.05) is 22.9 Å². The van der Waals surface area contributed by atoms with Crippen molar-refractivity contribution in [1.82, 2.24) is 0 Å². The third kappa shape index (κ3) is 3.23. The first kappa shape index (κ1) is 13.8. The largest absolute Gasteiger partial charge is 0.393 e. The van der Waals surface area contributed by atoms with Crippen LogP contribution in [0.25, 0.3) is 0 Å². The summed E-state index contributed by atoms with van der Waals surface area (Å²) in [5.74, 6) is -1.07. The third-order valence-corrected chi connectivity index (χ3v) is 3.69. The van der Waals surface area contributed by atoms with Crippen LogP contribution in [0.4, 0.5) is 10.1 Å². The van der Waals surface area contributed by atoms with Crippen molar-refractivity contribution < 1.29 is 14.3 Å². The summed E-state index contributed by atoms with van der Waals surface area (Å²) < 4.78 is 13.7. The summed E-state index contributed by atoms with van der Waals surface area (Å²) in [4.78, 5) is 11.1. The van der Waals surface area contributed by atoms with Crippen LogP contribution in [-0.2, 0) is 0 Å². The molecular weight excluding hydrogens is 247 g/mol. The van der Waals surface area contributed by atoms with E-state index in [4.69, 9.17) is 5.73 Å². The lowest BCUT2D eigenvalue weighted by molar-refractivity contribution is 0.1000. The molecule has 0 aromatic heterocycles. The zero-order chi connectivity index (χ0) is 14.0. The average Bonchev–Trinajstić information content (AvgIpc) is 2.37. The van der Waals surface area contributed by atoms with Crippen molar-refractivity contribution in [2.75, 3.05) is 5.32 Å².